The van der Waals surface area contributed by atoms with Gasteiger partial charge in [-0.1, -0.05) is 35.3 Å². The molecule has 0 spiro atoms. The number of benzene rings is 1. The lowest BCUT2D eigenvalue weighted by Gasteiger charge is -2.26. The smallest absolute Gasteiger partial charge is 0.0639 e. The summed E-state index contributed by atoms with van der Waals surface area (Å²) < 4.78 is 0. The molecule has 0 bridgehead atoms. The van der Waals surface area contributed by atoms with E-state index >= 15 is 0 Å². The van der Waals surface area contributed by atoms with Crippen molar-refractivity contribution >= 4 is 35.0 Å². The van der Waals surface area contributed by atoms with E-state index < -0.39 is 0 Å². The Bertz CT molecular complexity index is 385. The molecular weight excluding hydrogens is 289 g/mol. The Balaban J connectivity index is 2.76. The van der Waals surface area contributed by atoms with Gasteiger partial charge in [-0.05, 0) is 31.7 Å². The molecular formula is C13H19Cl2NOS. The fourth-order valence-electron chi connectivity index (χ4n) is 1.88. The zero-order valence-corrected chi connectivity index (χ0v) is 13.1. The molecule has 0 saturated carbocycles. The van der Waals surface area contributed by atoms with Gasteiger partial charge < -0.3 is 10.4 Å². The van der Waals surface area contributed by atoms with Crippen molar-refractivity contribution in [3.05, 3.63) is 33.8 Å². The number of thioether (sulfide) groups is 1. The van der Waals surface area contributed by atoms with Crippen LogP contribution < -0.4 is 5.32 Å². The summed E-state index contributed by atoms with van der Waals surface area (Å²) in [6.07, 6.45) is 2.00. The van der Waals surface area contributed by atoms with Crippen molar-refractivity contribution in [1.29, 1.82) is 0 Å². The minimum atomic E-state index is 0.0902. The van der Waals surface area contributed by atoms with E-state index in [0.29, 0.717) is 10.0 Å². The zero-order valence-electron chi connectivity index (χ0n) is 10.8. The van der Waals surface area contributed by atoms with Gasteiger partial charge >= 0.3 is 0 Å². The summed E-state index contributed by atoms with van der Waals surface area (Å²) >= 11 is 13.9. The van der Waals surface area contributed by atoms with E-state index in [0.717, 1.165) is 5.56 Å². The fourth-order valence-corrected chi connectivity index (χ4v) is 2.99. The summed E-state index contributed by atoms with van der Waals surface area (Å²) in [7, 11) is 0. The molecule has 18 heavy (non-hydrogen) atoms. The van der Waals surface area contributed by atoms with Crippen LogP contribution in [0.25, 0.3) is 0 Å². The first kappa shape index (κ1) is 16.1. The van der Waals surface area contributed by atoms with Crippen LogP contribution in [-0.4, -0.2) is 29.3 Å². The van der Waals surface area contributed by atoms with Crippen LogP contribution in [0, 0.1) is 0 Å². The van der Waals surface area contributed by atoms with Gasteiger partial charge in [0.25, 0.3) is 0 Å². The van der Waals surface area contributed by atoms with Crippen LogP contribution in [0.5, 0.6) is 0 Å². The lowest BCUT2D eigenvalue weighted by atomic mass is 10.1. The number of halogens is 2. The highest BCUT2D eigenvalue weighted by Crippen LogP contribution is 2.30. The maximum Gasteiger partial charge on any atom is 0.0639 e. The van der Waals surface area contributed by atoms with Gasteiger partial charge in [-0.15, -0.1) is 0 Å². The number of rotatable bonds is 6. The Labute approximate surface area is 123 Å². The molecule has 0 fully saturated rings. The van der Waals surface area contributed by atoms with Gasteiger partial charge in [-0.25, -0.2) is 0 Å². The minimum Gasteiger partial charge on any atom is -0.395 e. The second-order valence-corrected chi connectivity index (χ2v) is 6.14. The molecule has 3 atom stereocenters. The van der Waals surface area contributed by atoms with E-state index in [-0.39, 0.29) is 23.9 Å². The van der Waals surface area contributed by atoms with E-state index in [1.165, 1.54) is 0 Å². The van der Waals surface area contributed by atoms with Crippen LogP contribution in [0.2, 0.25) is 10.0 Å². The van der Waals surface area contributed by atoms with Crippen LogP contribution in [-0.2, 0) is 0 Å². The van der Waals surface area contributed by atoms with Crippen LogP contribution in [0.4, 0.5) is 0 Å². The van der Waals surface area contributed by atoms with E-state index in [1.807, 2.05) is 25.3 Å². The molecule has 0 aromatic heterocycles. The first-order chi connectivity index (χ1) is 8.51. The summed E-state index contributed by atoms with van der Waals surface area (Å²) in [5.41, 5.74) is 0.980. The van der Waals surface area contributed by atoms with Gasteiger partial charge in [-0.3, -0.25) is 0 Å². The quantitative estimate of drug-likeness (QED) is 0.839. The molecule has 1 rings (SSSR count). The molecule has 3 unspecified atom stereocenters. The Kier molecular flexibility index (Phi) is 6.82. The molecule has 2 nitrogen and oxygen atoms in total. The fraction of sp³-hybridized carbons (Fsp3) is 0.538. The molecule has 0 aliphatic carbocycles. The summed E-state index contributed by atoms with van der Waals surface area (Å²) in [5.74, 6) is 0. The number of nitrogens with one attached hydrogen (secondary N) is 1. The molecule has 0 saturated heterocycles. The van der Waals surface area contributed by atoms with Crippen LogP contribution >= 0.6 is 35.0 Å². The van der Waals surface area contributed by atoms with Crippen LogP contribution in [0.15, 0.2) is 18.2 Å². The second-order valence-electron chi connectivity index (χ2n) is 4.28. The highest BCUT2D eigenvalue weighted by molar-refractivity contribution is 7.99. The highest BCUT2D eigenvalue weighted by Gasteiger charge is 2.19. The largest absolute Gasteiger partial charge is 0.395 e. The first-order valence-electron chi connectivity index (χ1n) is 5.84. The topological polar surface area (TPSA) is 32.3 Å². The summed E-state index contributed by atoms with van der Waals surface area (Å²) in [6.45, 7) is 4.26. The predicted octanol–water partition coefficient (Wildman–Crippen LogP) is 3.76. The summed E-state index contributed by atoms with van der Waals surface area (Å²) in [4.78, 5) is 0. The Morgan fingerprint density at radius 3 is 2.56 bits per heavy atom. The average Bonchev–Trinajstić information content (AvgIpc) is 2.34. The SMILES string of the molecule is CSC(CO)C(C)NC(C)c1cccc(Cl)c1Cl. The lowest BCUT2D eigenvalue weighted by Crippen LogP contribution is -2.39. The van der Waals surface area contributed by atoms with Gasteiger partial charge in [0.2, 0.25) is 0 Å². The van der Waals surface area contributed by atoms with E-state index in [2.05, 4.69) is 12.2 Å². The summed E-state index contributed by atoms with van der Waals surface area (Å²) in [6, 6.07) is 5.92. The normalized spacial score (nSPS) is 16.3. The maximum atomic E-state index is 9.27. The Morgan fingerprint density at radius 1 is 1.33 bits per heavy atom. The molecule has 0 amide bonds. The van der Waals surface area contributed by atoms with Crippen molar-refractivity contribution in [3.8, 4) is 0 Å². The van der Waals surface area contributed by atoms with Crippen molar-refractivity contribution in [2.45, 2.75) is 31.2 Å². The number of aliphatic hydroxyl groups is 1. The van der Waals surface area contributed by atoms with Gasteiger partial charge in [0.1, 0.15) is 0 Å². The van der Waals surface area contributed by atoms with Crippen LogP contribution in [0.1, 0.15) is 25.5 Å². The number of hydrogen-bond acceptors (Lipinski definition) is 3. The predicted molar refractivity (Wildman–Crippen MR) is 81.9 cm³/mol. The zero-order chi connectivity index (χ0) is 13.7. The molecule has 0 aliphatic heterocycles. The molecule has 0 heterocycles. The molecule has 1 aromatic carbocycles. The van der Waals surface area contributed by atoms with E-state index in [9.17, 15) is 5.11 Å². The van der Waals surface area contributed by atoms with Crippen molar-refractivity contribution < 1.29 is 5.11 Å². The van der Waals surface area contributed by atoms with E-state index in [4.69, 9.17) is 23.2 Å². The molecule has 0 aliphatic rings. The van der Waals surface area contributed by atoms with Crippen molar-refractivity contribution in [2.24, 2.45) is 0 Å². The molecule has 1 aromatic rings. The lowest BCUT2D eigenvalue weighted by molar-refractivity contribution is 0.272. The van der Waals surface area contributed by atoms with Crippen molar-refractivity contribution in [2.75, 3.05) is 12.9 Å². The van der Waals surface area contributed by atoms with Gasteiger partial charge in [-0.2, -0.15) is 11.8 Å². The average molecular weight is 308 g/mol. The molecule has 2 N–H and O–H groups in total. The third-order valence-corrected chi connectivity index (χ3v) is 5.00. The van der Waals surface area contributed by atoms with Gasteiger partial charge in [0, 0.05) is 17.3 Å². The summed E-state index contributed by atoms with van der Waals surface area (Å²) in [5, 5.41) is 14.0. The molecule has 102 valence electrons. The van der Waals surface area contributed by atoms with Gasteiger partial charge in [0.15, 0.2) is 0 Å². The first-order valence-corrected chi connectivity index (χ1v) is 7.89. The van der Waals surface area contributed by atoms with Gasteiger partial charge in [0.05, 0.1) is 16.7 Å². The standard InChI is InChI=1S/C13H19Cl2NOS/c1-8(16-9(2)12(7-17)18-3)10-5-4-6-11(14)13(10)15/h4-6,8-9,12,16-17H,7H2,1-3H3. The Hall–Kier alpha value is 0.0700. The van der Waals surface area contributed by atoms with Crippen molar-refractivity contribution in [1.82, 2.24) is 5.32 Å². The van der Waals surface area contributed by atoms with E-state index in [1.54, 1.807) is 17.8 Å². The minimum absolute atomic E-state index is 0.0902. The monoisotopic (exact) mass is 307 g/mol. The highest BCUT2D eigenvalue weighted by atomic mass is 35.5. The number of aliphatic hydroxyl groups excluding tert-OH is 1. The molecule has 5 heteroatoms. The maximum absolute atomic E-state index is 9.27. The third kappa shape index (κ3) is 4.04. The molecule has 0 radical (unpaired) electrons. The second kappa shape index (κ2) is 7.61. The van der Waals surface area contributed by atoms with Crippen molar-refractivity contribution in [3.63, 3.8) is 0 Å². The Morgan fingerprint density at radius 2 is 2.00 bits per heavy atom. The van der Waals surface area contributed by atoms with Crippen LogP contribution in [0.3, 0.4) is 0 Å². The third-order valence-electron chi connectivity index (χ3n) is 3.00. The number of hydrogen-bond donors (Lipinski definition) is 2.